The van der Waals surface area contributed by atoms with Crippen LogP contribution in [0.2, 0.25) is 0 Å². The Morgan fingerprint density at radius 1 is 1.40 bits per heavy atom. The van der Waals surface area contributed by atoms with E-state index in [4.69, 9.17) is 9.47 Å². The Hall–Kier alpha value is -2.15. The second-order valence-corrected chi connectivity index (χ2v) is 5.41. The molecule has 1 aromatic heterocycles. The number of nitrogens with zero attached hydrogens (tertiary/aromatic N) is 1. The number of non-ortho nitro benzene ring substituents is 1. The van der Waals surface area contributed by atoms with Gasteiger partial charge in [0.15, 0.2) is 10.6 Å². The van der Waals surface area contributed by atoms with E-state index in [1.807, 2.05) is 13.8 Å². The molecule has 6 nitrogen and oxygen atoms in total. The number of ether oxygens (including phenoxy) is 2. The van der Waals surface area contributed by atoms with Crippen molar-refractivity contribution in [3.63, 3.8) is 0 Å². The Bertz CT molecular complexity index is 677. The summed E-state index contributed by atoms with van der Waals surface area (Å²) in [5.41, 5.74) is -0.0414. The molecule has 0 spiro atoms. The molecule has 2 rings (SSSR count). The van der Waals surface area contributed by atoms with Crippen LogP contribution in [0.3, 0.4) is 0 Å². The first-order valence-corrected chi connectivity index (χ1v) is 6.71. The molecule has 0 bridgehead atoms. The Labute approximate surface area is 119 Å². The number of hydrogen-bond acceptors (Lipinski definition) is 6. The zero-order valence-corrected chi connectivity index (χ0v) is 12.0. The van der Waals surface area contributed by atoms with Crippen LogP contribution in [0.1, 0.15) is 23.5 Å². The highest BCUT2D eigenvalue weighted by Gasteiger charge is 2.23. The zero-order valence-electron chi connectivity index (χ0n) is 11.2. The first-order chi connectivity index (χ1) is 9.43. The zero-order chi connectivity index (χ0) is 14.9. The summed E-state index contributed by atoms with van der Waals surface area (Å²) in [5.74, 6) is -0.167. The average molecular weight is 295 g/mol. The van der Waals surface area contributed by atoms with Gasteiger partial charge in [0.2, 0.25) is 0 Å². The number of rotatable bonds is 4. The Morgan fingerprint density at radius 2 is 2.10 bits per heavy atom. The summed E-state index contributed by atoms with van der Waals surface area (Å²) in [4.78, 5) is 22.5. The summed E-state index contributed by atoms with van der Waals surface area (Å²) in [5, 5.41) is 11.4. The van der Waals surface area contributed by atoms with Gasteiger partial charge >= 0.3 is 5.97 Å². The molecule has 20 heavy (non-hydrogen) atoms. The molecular formula is C13H13NO5S. The largest absolute Gasteiger partial charge is 0.489 e. The molecule has 0 radical (unpaired) electrons. The highest BCUT2D eigenvalue weighted by molar-refractivity contribution is 7.21. The Balaban J connectivity index is 2.67. The number of methoxy groups -OCH3 is 1. The lowest BCUT2D eigenvalue weighted by atomic mass is 10.2. The Morgan fingerprint density at radius 3 is 2.65 bits per heavy atom. The van der Waals surface area contributed by atoms with Gasteiger partial charge < -0.3 is 9.47 Å². The SMILES string of the molecule is COC(=O)c1sc2ccc([N+](=O)[O-])cc2c1OC(C)C. The maximum Gasteiger partial charge on any atom is 0.351 e. The van der Waals surface area contributed by atoms with Crippen molar-refractivity contribution < 1.29 is 19.2 Å². The minimum Gasteiger partial charge on any atom is -0.489 e. The topological polar surface area (TPSA) is 78.7 Å². The summed E-state index contributed by atoms with van der Waals surface area (Å²) >= 11 is 1.20. The van der Waals surface area contributed by atoms with Gasteiger partial charge in [0.05, 0.1) is 18.1 Å². The lowest BCUT2D eigenvalue weighted by Gasteiger charge is -2.10. The fourth-order valence-electron chi connectivity index (χ4n) is 1.76. The van der Waals surface area contributed by atoms with E-state index in [0.29, 0.717) is 16.0 Å². The van der Waals surface area contributed by atoms with Gasteiger partial charge in [0.25, 0.3) is 5.69 Å². The van der Waals surface area contributed by atoms with Crippen LogP contribution in [0.5, 0.6) is 5.75 Å². The van der Waals surface area contributed by atoms with Gasteiger partial charge in [-0.2, -0.15) is 0 Å². The smallest absolute Gasteiger partial charge is 0.351 e. The summed E-state index contributed by atoms with van der Waals surface area (Å²) in [6.07, 6.45) is -0.157. The first-order valence-electron chi connectivity index (χ1n) is 5.90. The van der Waals surface area contributed by atoms with Crippen molar-refractivity contribution in [2.75, 3.05) is 7.11 Å². The molecular weight excluding hydrogens is 282 g/mol. The first kappa shape index (κ1) is 14.3. The molecule has 106 valence electrons. The number of carbonyl (C=O) groups excluding carboxylic acids is 1. The van der Waals surface area contributed by atoms with Crippen LogP contribution >= 0.6 is 11.3 Å². The highest BCUT2D eigenvalue weighted by Crippen LogP contribution is 2.40. The summed E-state index contributed by atoms with van der Waals surface area (Å²) < 4.78 is 11.1. The molecule has 1 aromatic carbocycles. The second kappa shape index (κ2) is 5.46. The number of benzene rings is 1. The predicted octanol–water partition coefficient (Wildman–Crippen LogP) is 3.38. The number of esters is 1. The maximum atomic E-state index is 11.8. The lowest BCUT2D eigenvalue weighted by molar-refractivity contribution is -0.384. The van der Waals surface area contributed by atoms with E-state index in [1.54, 1.807) is 6.07 Å². The van der Waals surface area contributed by atoms with Crippen LogP contribution in [0.25, 0.3) is 10.1 Å². The number of nitro groups is 1. The van der Waals surface area contributed by atoms with Gasteiger partial charge in [-0.1, -0.05) is 0 Å². The normalized spacial score (nSPS) is 10.8. The monoisotopic (exact) mass is 295 g/mol. The maximum absolute atomic E-state index is 11.8. The van der Waals surface area contributed by atoms with Crippen molar-refractivity contribution in [1.82, 2.24) is 0 Å². The van der Waals surface area contributed by atoms with Crippen molar-refractivity contribution >= 4 is 33.1 Å². The standard InChI is InChI=1S/C13H13NO5S/c1-7(2)19-11-9-6-8(14(16)17)4-5-10(9)20-12(11)13(15)18-3/h4-7H,1-3H3. The summed E-state index contributed by atoms with van der Waals surface area (Å²) in [6.45, 7) is 3.64. The fourth-order valence-corrected chi connectivity index (χ4v) is 2.79. The molecule has 0 N–H and O–H groups in total. The quantitative estimate of drug-likeness (QED) is 0.491. The summed E-state index contributed by atoms with van der Waals surface area (Å²) in [7, 11) is 1.29. The molecule has 0 unspecified atom stereocenters. The van der Waals surface area contributed by atoms with E-state index in [-0.39, 0.29) is 11.8 Å². The number of nitro benzene ring substituents is 1. The third kappa shape index (κ3) is 2.57. The molecule has 7 heteroatoms. The molecule has 0 saturated carbocycles. The number of fused-ring (bicyclic) bond motifs is 1. The lowest BCUT2D eigenvalue weighted by Crippen LogP contribution is -2.09. The molecule has 0 amide bonds. The average Bonchev–Trinajstić information content (AvgIpc) is 2.75. The van der Waals surface area contributed by atoms with Gasteiger partial charge in [0.1, 0.15) is 0 Å². The number of hydrogen-bond donors (Lipinski definition) is 0. The van der Waals surface area contributed by atoms with Crippen LogP contribution in [0.4, 0.5) is 5.69 Å². The molecule has 0 atom stereocenters. The molecule has 0 aliphatic heterocycles. The van der Waals surface area contributed by atoms with Crippen molar-refractivity contribution in [3.05, 3.63) is 33.2 Å². The van der Waals surface area contributed by atoms with Crippen LogP contribution in [-0.2, 0) is 4.74 Å². The van der Waals surface area contributed by atoms with Gasteiger partial charge in [-0.3, -0.25) is 10.1 Å². The predicted molar refractivity (Wildman–Crippen MR) is 75.6 cm³/mol. The van der Waals surface area contributed by atoms with E-state index in [1.165, 1.54) is 30.6 Å². The van der Waals surface area contributed by atoms with Crippen LogP contribution < -0.4 is 4.74 Å². The van der Waals surface area contributed by atoms with E-state index in [2.05, 4.69) is 0 Å². The fraction of sp³-hybridized carbons (Fsp3) is 0.308. The summed E-state index contributed by atoms with van der Waals surface area (Å²) in [6, 6.07) is 4.42. The van der Waals surface area contributed by atoms with E-state index < -0.39 is 10.9 Å². The van der Waals surface area contributed by atoms with Crippen LogP contribution in [0, 0.1) is 10.1 Å². The molecule has 1 heterocycles. The molecule has 0 aliphatic carbocycles. The number of thiophene rings is 1. The molecule has 0 saturated heterocycles. The van der Waals surface area contributed by atoms with Crippen molar-refractivity contribution in [2.45, 2.75) is 20.0 Å². The van der Waals surface area contributed by atoms with Gasteiger partial charge in [-0.25, -0.2) is 4.79 Å². The van der Waals surface area contributed by atoms with E-state index in [0.717, 1.165) is 4.70 Å². The second-order valence-electron chi connectivity index (χ2n) is 4.36. The van der Waals surface area contributed by atoms with Crippen molar-refractivity contribution in [2.24, 2.45) is 0 Å². The van der Waals surface area contributed by atoms with Crippen LogP contribution in [0.15, 0.2) is 18.2 Å². The minimum atomic E-state index is -0.510. The van der Waals surface area contributed by atoms with Gasteiger partial charge in [-0.05, 0) is 19.9 Å². The van der Waals surface area contributed by atoms with Gasteiger partial charge in [0, 0.05) is 22.2 Å². The third-order valence-electron chi connectivity index (χ3n) is 2.56. The van der Waals surface area contributed by atoms with E-state index >= 15 is 0 Å². The molecule has 0 fully saturated rings. The highest BCUT2D eigenvalue weighted by atomic mass is 32.1. The van der Waals surface area contributed by atoms with E-state index in [9.17, 15) is 14.9 Å². The van der Waals surface area contributed by atoms with Crippen LogP contribution in [-0.4, -0.2) is 24.1 Å². The van der Waals surface area contributed by atoms with Crippen molar-refractivity contribution in [1.29, 1.82) is 0 Å². The van der Waals surface area contributed by atoms with Crippen molar-refractivity contribution in [3.8, 4) is 5.75 Å². The molecule has 0 aliphatic rings. The Kier molecular flexibility index (Phi) is 3.89. The minimum absolute atomic E-state index is 0.0414. The third-order valence-corrected chi connectivity index (χ3v) is 3.69. The number of carbonyl (C=O) groups is 1. The molecule has 2 aromatic rings. The van der Waals surface area contributed by atoms with Gasteiger partial charge in [-0.15, -0.1) is 11.3 Å².